The molecule has 5 nitrogen and oxygen atoms in total. The van der Waals surface area contributed by atoms with Crippen molar-refractivity contribution in [2.45, 2.75) is 6.92 Å². The van der Waals surface area contributed by atoms with Gasteiger partial charge in [-0.2, -0.15) is 4.98 Å². The third-order valence-electron chi connectivity index (χ3n) is 1.39. The van der Waals surface area contributed by atoms with Crippen molar-refractivity contribution in [3.8, 4) is 0 Å². The van der Waals surface area contributed by atoms with E-state index in [0.717, 1.165) is 5.84 Å². The van der Waals surface area contributed by atoms with Crippen LogP contribution in [0.4, 0.5) is 11.5 Å². The van der Waals surface area contributed by atoms with Crippen molar-refractivity contribution in [2.75, 3.05) is 5.43 Å². The number of fused-ring (bicyclic) bond motifs is 1. The second kappa shape index (κ2) is 2.60. The number of hydrogen-bond acceptors (Lipinski definition) is 5. The van der Waals surface area contributed by atoms with Gasteiger partial charge in [-0.3, -0.25) is 10.9 Å². The van der Waals surface area contributed by atoms with E-state index >= 15 is 0 Å². The number of amidine groups is 1. The maximum Gasteiger partial charge on any atom is 0.224 e. The van der Waals surface area contributed by atoms with Crippen molar-refractivity contribution in [3.63, 3.8) is 0 Å². The minimum absolute atomic E-state index is 0.206. The third kappa shape index (κ3) is 1.18. The number of nitrogens with zero attached hydrogens (tertiary/aromatic N) is 3. The van der Waals surface area contributed by atoms with E-state index in [-0.39, 0.29) is 5.28 Å². The highest BCUT2D eigenvalue weighted by atomic mass is 35.5. The van der Waals surface area contributed by atoms with Crippen LogP contribution in [-0.2, 0) is 0 Å². The fourth-order valence-electron chi connectivity index (χ4n) is 0.886. The molecule has 1 aliphatic heterocycles. The summed E-state index contributed by atoms with van der Waals surface area (Å²) in [6.45, 7) is 1.84. The van der Waals surface area contributed by atoms with Crippen LogP contribution in [0.1, 0.15) is 6.92 Å². The van der Waals surface area contributed by atoms with Crippen LogP contribution in [-0.4, -0.2) is 15.8 Å². The molecule has 2 N–H and O–H groups in total. The quantitative estimate of drug-likeness (QED) is 0.592. The number of hydrogen-bond donors (Lipinski definition) is 2. The van der Waals surface area contributed by atoms with Crippen LogP contribution < -0.4 is 10.9 Å². The molecule has 12 heavy (non-hydrogen) atoms. The highest BCUT2D eigenvalue weighted by molar-refractivity contribution is 6.28. The van der Waals surface area contributed by atoms with Gasteiger partial charge in [0, 0.05) is 0 Å². The van der Waals surface area contributed by atoms with E-state index in [1.807, 2.05) is 6.92 Å². The molecule has 0 unspecified atom stereocenters. The topological polar surface area (TPSA) is 62.2 Å². The van der Waals surface area contributed by atoms with Gasteiger partial charge in [0.2, 0.25) is 5.28 Å². The van der Waals surface area contributed by atoms with Crippen molar-refractivity contribution >= 4 is 28.9 Å². The SMILES string of the molecule is CC1=Nc2cnc(Cl)nc2NN1. The van der Waals surface area contributed by atoms with Crippen LogP contribution in [0.3, 0.4) is 0 Å². The molecule has 0 saturated heterocycles. The number of aromatic nitrogens is 2. The molecule has 0 bridgehead atoms. The molecule has 0 amide bonds. The van der Waals surface area contributed by atoms with Gasteiger partial charge in [-0.05, 0) is 18.5 Å². The Balaban J connectivity index is 2.51. The van der Waals surface area contributed by atoms with Crippen molar-refractivity contribution in [1.82, 2.24) is 15.4 Å². The molecule has 1 aromatic rings. The third-order valence-corrected chi connectivity index (χ3v) is 1.57. The van der Waals surface area contributed by atoms with E-state index < -0.39 is 0 Å². The zero-order valence-corrected chi connectivity index (χ0v) is 7.05. The number of hydrazine groups is 1. The predicted molar refractivity (Wildman–Crippen MR) is 46.6 cm³/mol. The lowest BCUT2D eigenvalue weighted by Gasteiger charge is -2.15. The monoisotopic (exact) mass is 183 g/mol. The molecular formula is C6H6ClN5. The summed E-state index contributed by atoms with van der Waals surface area (Å²) in [4.78, 5) is 11.9. The first-order valence-electron chi connectivity index (χ1n) is 3.35. The van der Waals surface area contributed by atoms with Gasteiger partial charge in [-0.25, -0.2) is 9.98 Å². The zero-order chi connectivity index (χ0) is 8.55. The highest BCUT2D eigenvalue weighted by Gasteiger charge is 2.09. The number of anilines is 1. The Labute approximate surface area is 73.9 Å². The van der Waals surface area contributed by atoms with E-state index in [9.17, 15) is 0 Å². The molecule has 2 heterocycles. The standard InChI is InChI=1S/C6H6ClN5/c1-3-9-4-2-8-6(7)10-5(4)12-11-3/h2H,1H3,(H,9,11)(H,8,10,12). The Morgan fingerprint density at radius 1 is 1.42 bits per heavy atom. The molecule has 0 fully saturated rings. The Morgan fingerprint density at radius 3 is 3.08 bits per heavy atom. The van der Waals surface area contributed by atoms with Crippen molar-refractivity contribution in [1.29, 1.82) is 0 Å². The minimum atomic E-state index is 0.206. The largest absolute Gasteiger partial charge is 0.287 e. The molecule has 0 saturated carbocycles. The van der Waals surface area contributed by atoms with E-state index in [0.29, 0.717) is 11.5 Å². The molecule has 6 heteroatoms. The minimum Gasteiger partial charge on any atom is -0.287 e. The molecule has 0 aromatic carbocycles. The molecule has 62 valence electrons. The Morgan fingerprint density at radius 2 is 2.25 bits per heavy atom. The summed E-state index contributed by atoms with van der Waals surface area (Å²) in [6.07, 6.45) is 1.57. The average Bonchev–Trinajstić information content (AvgIpc) is 2.05. The van der Waals surface area contributed by atoms with Crippen LogP contribution in [0.15, 0.2) is 11.2 Å². The number of aliphatic imine (C=N–C) groups is 1. The highest BCUT2D eigenvalue weighted by Crippen LogP contribution is 2.23. The summed E-state index contributed by atoms with van der Waals surface area (Å²) in [5.74, 6) is 1.37. The van der Waals surface area contributed by atoms with Gasteiger partial charge in [0.05, 0.1) is 6.20 Å². The lowest BCUT2D eigenvalue weighted by atomic mass is 10.4. The first-order chi connectivity index (χ1) is 5.75. The summed E-state index contributed by atoms with van der Waals surface area (Å²) in [6, 6.07) is 0. The second-order valence-electron chi connectivity index (χ2n) is 2.32. The van der Waals surface area contributed by atoms with Gasteiger partial charge < -0.3 is 0 Å². The fourth-order valence-corrected chi connectivity index (χ4v) is 1.02. The van der Waals surface area contributed by atoms with Crippen LogP contribution in [0.5, 0.6) is 0 Å². The first kappa shape index (κ1) is 7.30. The Bertz CT molecular complexity index is 348. The van der Waals surface area contributed by atoms with E-state index in [1.165, 1.54) is 0 Å². The lowest BCUT2D eigenvalue weighted by Crippen LogP contribution is -2.30. The maximum absolute atomic E-state index is 5.57. The Kier molecular flexibility index (Phi) is 1.58. The summed E-state index contributed by atoms with van der Waals surface area (Å²) >= 11 is 5.57. The number of nitrogens with one attached hydrogen (secondary N) is 2. The molecular weight excluding hydrogens is 178 g/mol. The predicted octanol–water partition coefficient (Wildman–Crippen LogP) is 1.11. The van der Waals surface area contributed by atoms with Crippen LogP contribution in [0.2, 0.25) is 5.28 Å². The normalized spacial score (nSPS) is 14.0. The van der Waals surface area contributed by atoms with Gasteiger partial charge in [-0.15, -0.1) is 0 Å². The maximum atomic E-state index is 5.57. The number of rotatable bonds is 0. The smallest absolute Gasteiger partial charge is 0.224 e. The van der Waals surface area contributed by atoms with Crippen molar-refractivity contribution in [3.05, 3.63) is 11.5 Å². The van der Waals surface area contributed by atoms with Gasteiger partial charge in [0.1, 0.15) is 11.5 Å². The van der Waals surface area contributed by atoms with Gasteiger partial charge in [0.15, 0.2) is 5.82 Å². The molecule has 0 spiro atoms. The molecule has 1 aromatic heterocycles. The summed E-state index contributed by atoms with van der Waals surface area (Å²) in [5, 5.41) is 0.206. The molecule has 2 rings (SSSR count). The van der Waals surface area contributed by atoms with Crippen molar-refractivity contribution in [2.24, 2.45) is 4.99 Å². The average molecular weight is 184 g/mol. The molecule has 1 aliphatic rings. The van der Waals surface area contributed by atoms with Crippen LogP contribution in [0.25, 0.3) is 0 Å². The fraction of sp³-hybridized carbons (Fsp3) is 0.167. The summed E-state index contributed by atoms with van der Waals surface area (Å²) in [5.41, 5.74) is 6.34. The van der Waals surface area contributed by atoms with Gasteiger partial charge >= 0.3 is 0 Å². The van der Waals surface area contributed by atoms with E-state index in [1.54, 1.807) is 6.20 Å². The number of halogens is 1. The Hall–Kier alpha value is -1.36. The van der Waals surface area contributed by atoms with Gasteiger partial charge in [0.25, 0.3) is 0 Å². The first-order valence-corrected chi connectivity index (χ1v) is 3.73. The lowest BCUT2D eigenvalue weighted by molar-refractivity contribution is 1.02. The second-order valence-corrected chi connectivity index (χ2v) is 2.66. The molecule has 0 aliphatic carbocycles. The summed E-state index contributed by atoms with van der Waals surface area (Å²) < 4.78 is 0. The molecule has 0 radical (unpaired) electrons. The van der Waals surface area contributed by atoms with Crippen molar-refractivity contribution < 1.29 is 0 Å². The van der Waals surface area contributed by atoms with E-state index in [2.05, 4.69) is 25.8 Å². The van der Waals surface area contributed by atoms with Crippen LogP contribution >= 0.6 is 11.6 Å². The summed E-state index contributed by atoms with van der Waals surface area (Å²) in [7, 11) is 0. The van der Waals surface area contributed by atoms with Gasteiger partial charge in [-0.1, -0.05) is 0 Å². The van der Waals surface area contributed by atoms with E-state index in [4.69, 9.17) is 11.6 Å². The zero-order valence-electron chi connectivity index (χ0n) is 6.30. The van der Waals surface area contributed by atoms with Crippen LogP contribution in [0, 0.1) is 0 Å². The molecule has 0 atom stereocenters.